The van der Waals surface area contributed by atoms with Crippen LogP contribution in [0.3, 0.4) is 0 Å². The summed E-state index contributed by atoms with van der Waals surface area (Å²) in [7, 11) is 0. The largest absolute Gasteiger partial charge is 0.508 e. The van der Waals surface area contributed by atoms with E-state index in [-0.39, 0.29) is 5.75 Å². The molecule has 0 bridgehead atoms. The number of primary amides is 1. The van der Waals surface area contributed by atoms with Crippen molar-refractivity contribution in [3.63, 3.8) is 0 Å². The van der Waals surface area contributed by atoms with Gasteiger partial charge in [0.1, 0.15) is 5.75 Å². The third-order valence-electron chi connectivity index (χ3n) is 1.06. The Morgan fingerprint density at radius 1 is 1.36 bits per heavy atom. The molecule has 0 unspecified atom stereocenters. The highest BCUT2D eigenvalue weighted by Gasteiger charge is 1.97. The Kier molecular flexibility index (Phi) is 2.38. The van der Waals surface area contributed by atoms with E-state index in [1.807, 2.05) is 0 Å². The zero-order valence-corrected chi connectivity index (χ0v) is 6.47. The lowest BCUT2D eigenvalue weighted by molar-refractivity contribution is 0.267. The molecule has 58 valence electrons. The summed E-state index contributed by atoms with van der Waals surface area (Å²) in [6.45, 7) is 0. The Morgan fingerprint density at radius 3 is 2.36 bits per heavy atom. The molecular formula is C7H7NO2S. The summed E-state index contributed by atoms with van der Waals surface area (Å²) < 4.78 is 0. The first-order chi connectivity index (χ1) is 5.18. The molecule has 0 aromatic heterocycles. The van der Waals surface area contributed by atoms with Crippen LogP contribution < -0.4 is 5.73 Å². The van der Waals surface area contributed by atoms with Crippen LogP contribution in [0.1, 0.15) is 0 Å². The van der Waals surface area contributed by atoms with Crippen molar-refractivity contribution in [2.75, 3.05) is 0 Å². The Bertz CT molecular complexity index is 258. The summed E-state index contributed by atoms with van der Waals surface area (Å²) in [5.74, 6) is 0.179. The van der Waals surface area contributed by atoms with E-state index in [9.17, 15) is 4.79 Å². The van der Waals surface area contributed by atoms with Crippen LogP contribution in [0.2, 0.25) is 0 Å². The molecule has 3 nitrogen and oxygen atoms in total. The highest BCUT2D eigenvalue weighted by atomic mass is 32.2. The molecule has 3 N–H and O–H groups in total. The first-order valence-electron chi connectivity index (χ1n) is 2.95. The quantitative estimate of drug-likeness (QED) is 0.627. The molecule has 0 spiro atoms. The van der Waals surface area contributed by atoms with Crippen LogP contribution in [0, 0.1) is 0 Å². The van der Waals surface area contributed by atoms with Gasteiger partial charge in [-0.05, 0) is 36.0 Å². The van der Waals surface area contributed by atoms with Crippen molar-refractivity contribution in [3.8, 4) is 5.75 Å². The number of nitrogens with two attached hydrogens (primary N) is 1. The maximum Gasteiger partial charge on any atom is 0.281 e. The third kappa shape index (κ3) is 2.51. The number of phenols is 1. The lowest BCUT2D eigenvalue weighted by atomic mass is 10.3. The fourth-order valence-corrected chi connectivity index (χ4v) is 1.13. The third-order valence-corrected chi connectivity index (χ3v) is 1.76. The van der Waals surface area contributed by atoms with E-state index < -0.39 is 5.24 Å². The fourth-order valence-electron chi connectivity index (χ4n) is 0.630. The molecule has 4 heteroatoms. The number of amides is 1. The second kappa shape index (κ2) is 3.30. The fraction of sp³-hybridized carbons (Fsp3) is 0. The number of aromatic hydroxyl groups is 1. The molecule has 1 aromatic rings. The van der Waals surface area contributed by atoms with E-state index in [1.54, 1.807) is 12.1 Å². The number of benzene rings is 1. The van der Waals surface area contributed by atoms with Crippen LogP contribution >= 0.6 is 11.8 Å². The number of carbonyl (C=O) groups is 1. The summed E-state index contributed by atoms with van der Waals surface area (Å²) in [5, 5.41) is 8.42. The zero-order valence-electron chi connectivity index (χ0n) is 5.65. The maximum atomic E-state index is 10.4. The lowest BCUT2D eigenvalue weighted by Crippen LogP contribution is -2.00. The van der Waals surface area contributed by atoms with Gasteiger partial charge in [-0.1, -0.05) is 0 Å². The lowest BCUT2D eigenvalue weighted by Gasteiger charge is -1.95. The van der Waals surface area contributed by atoms with Crippen molar-refractivity contribution in [2.45, 2.75) is 4.90 Å². The van der Waals surface area contributed by atoms with E-state index in [1.165, 1.54) is 12.1 Å². The van der Waals surface area contributed by atoms with Crippen LogP contribution in [-0.2, 0) is 0 Å². The molecule has 1 rings (SSSR count). The first kappa shape index (κ1) is 7.94. The van der Waals surface area contributed by atoms with Gasteiger partial charge in [0.25, 0.3) is 5.24 Å². The molecule has 1 amide bonds. The highest BCUT2D eigenvalue weighted by Crippen LogP contribution is 2.19. The van der Waals surface area contributed by atoms with Gasteiger partial charge < -0.3 is 10.8 Å². The predicted octanol–water partition coefficient (Wildman–Crippen LogP) is 1.56. The van der Waals surface area contributed by atoms with Crippen LogP contribution in [0.4, 0.5) is 4.79 Å². The van der Waals surface area contributed by atoms with E-state index in [2.05, 4.69) is 0 Å². The summed E-state index contributed by atoms with van der Waals surface area (Å²) >= 11 is 0.935. The molecule has 0 radical (unpaired) electrons. The van der Waals surface area contributed by atoms with Gasteiger partial charge in [0, 0.05) is 4.90 Å². The summed E-state index contributed by atoms with van der Waals surface area (Å²) in [6.07, 6.45) is 0. The smallest absolute Gasteiger partial charge is 0.281 e. The van der Waals surface area contributed by atoms with Crippen LogP contribution in [0.15, 0.2) is 29.2 Å². The van der Waals surface area contributed by atoms with Crippen LogP contribution in [0.25, 0.3) is 0 Å². The van der Waals surface area contributed by atoms with Crippen LogP contribution in [0.5, 0.6) is 5.75 Å². The average Bonchev–Trinajstić information content (AvgIpc) is 1.93. The first-order valence-corrected chi connectivity index (χ1v) is 3.76. The van der Waals surface area contributed by atoms with Gasteiger partial charge in [0.05, 0.1) is 0 Å². The summed E-state index contributed by atoms with van der Waals surface area (Å²) in [5.41, 5.74) is 4.92. The normalized spacial score (nSPS) is 9.45. The number of phenolic OH excluding ortho intramolecular Hbond substituents is 1. The second-order valence-electron chi connectivity index (χ2n) is 1.91. The number of rotatable bonds is 1. The van der Waals surface area contributed by atoms with Gasteiger partial charge in [-0.15, -0.1) is 0 Å². The van der Waals surface area contributed by atoms with Crippen molar-refractivity contribution >= 4 is 17.0 Å². The molecule has 0 aliphatic heterocycles. The summed E-state index contributed by atoms with van der Waals surface area (Å²) in [6, 6.07) is 6.27. The molecule has 0 atom stereocenters. The minimum absolute atomic E-state index is 0.179. The molecule has 0 saturated heterocycles. The van der Waals surface area contributed by atoms with Gasteiger partial charge in [0.2, 0.25) is 0 Å². The van der Waals surface area contributed by atoms with Gasteiger partial charge in [-0.2, -0.15) is 0 Å². The SMILES string of the molecule is NC(=O)Sc1ccc(O)cc1. The van der Waals surface area contributed by atoms with Crippen molar-refractivity contribution in [1.29, 1.82) is 0 Å². The average molecular weight is 169 g/mol. The molecule has 0 aliphatic rings. The maximum absolute atomic E-state index is 10.4. The second-order valence-corrected chi connectivity index (χ2v) is 2.99. The zero-order chi connectivity index (χ0) is 8.27. The van der Waals surface area contributed by atoms with Crippen molar-refractivity contribution in [1.82, 2.24) is 0 Å². The molecule has 0 heterocycles. The minimum Gasteiger partial charge on any atom is -0.508 e. The predicted molar refractivity (Wildman–Crippen MR) is 43.5 cm³/mol. The van der Waals surface area contributed by atoms with E-state index in [4.69, 9.17) is 10.8 Å². The molecule has 0 aliphatic carbocycles. The van der Waals surface area contributed by atoms with Gasteiger partial charge in [0.15, 0.2) is 0 Å². The molecular weight excluding hydrogens is 162 g/mol. The van der Waals surface area contributed by atoms with Gasteiger partial charge in [-0.3, -0.25) is 4.79 Å². The van der Waals surface area contributed by atoms with Crippen molar-refractivity contribution in [3.05, 3.63) is 24.3 Å². The monoisotopic (exact) mass is 169 g/mol. The molecule has 0 fully saturated rings. The van der Waals surface area contributed by atoms with Gasteiger partial charge >= 0.3 is 0 Å². The number of thioether (sulfide) groups is 1. The number of hydrogen-bond donors (Lipinski definition) is 2. The van der Waals surface area contributed by atoms with E-state index in [0.717, 1.165) is 16.7 Å². The Labute approximate surface area is 68.2 Å². The molecule has 0 saturated carbocycles. The van der Waals surface area contributed by atoms with E-state index >= 15 is 0 Å². The minimum atomic E-state index is -0.448. The Morgan fingerprint density at radius 2 is 1.91 bits per heavy atom. The number of hydrogen-bond acceptors (Lipinski definition) is 3. The Balaban J connectivity index is 2.74. The van der Waals surface area contributed by atoms with Crippen molar-refractivity contribution in [2.24, 2.45) is 5.73 Å². The Hall–Kier alpha value is -1.16. The molecule has 11 heavy (non-hydrogen) atoms. The standard InChI is InChI=1S/C7H7NO2S/c8-7(10)11-6-3-1-5(9)2-4-6/h1-4,9H,(H2,8,10). The number of carbonyl (C=O) groups excluding carboxylic acids is 1. The van der Waals surface area contributed by atoms with Crippen molar-refractivity contribution < 1.29 is 9.90 Å². The topological polar surface area (TPSA) is 63.3 Å². The summed E-state index contributed by atoms with van der Waals surface area (Å²) in [4.78, 5) is 11.1. The molecule has 1 aromatic carbocycles. The van der Waals surface area contributed by atoms with Crippen LogP contribution in [-0.4, -0.2) is 10.3 Å². The van der Waals surface area contributed by atoms with Gasteiger partial charge in [-0.25, -0.2) is 0 Å². The van der Waals surface area contributed by atoms with E-state index in [0.29, 0.717) is 0 Å². The highest BCUT2D eigenvalue weighted by molar-refractivity contribution is 8.13.